The normalized spacial score (nSPS) is 17.4. The summed E-state index contributed by atoms with van der Waals surface area (Å²) in [7, 11) is 0. The molecule has 0 saturated carbocycles. The van der Waals surface area contributed by atoms with E-state index in [1.165, 1.54) is 0 Å². The summed E-state index contributed by atoms with van der Waals surface area (Å²) in [6.07, 6.45) is 2.15. The zero-order valence-electron chi connectivity index (χ0n) is 21.2. The van der Waals surface area contributed by atoms with E-state index in [-0.39, 0.29) is 18.2 Å². The van der Waals surface area contributed by atoms with Crippen LogP contribution in [0, 0.1) is 11.3 Å². The minimum Gasteiger partial charge on any atom is -0.490 e. The first-order chi connectivity index (χ1) is 17.8. The number of nitrogens with one attached hydrogen (secondary N) is 2. The van der Waals surface area contributed by atoms with E-state index in [9.17, 15) is 4.79 Å². The molecule has 1 saturated heterocycles. The minimum absolute atomic E-state index is 0.0299. The molecule has 9 nitrogen and oxygen atoms in total. The summed E-state index contributed by atoms with van der Waals surface area (Å²) in [5, 5.41) is 15.0. The third kappa shape index (κ3) is 7.92. The van der Waals surface area contributed by atoms with Gasteiger partial charge in [-0.15, -0.1) is 0 Å². The van der Waals surface area contributed by atoms with Crippen molar-refractivity contribution in [2.24, 2.45) is 0 Å². The van der Waals surface area contributed by atoms with Gasteiger partial charge in [0.1, 0.15) is 24.6 Å². The van der Waals surface area contributed by atoms with Gasteiger partial charge in [0, 0.05) is 35.8 Å². The fourth-order valence-electron chi connectivity index (χ4n) is 3.74. The molecule has 1 aromatic heterocycles. The number of hydrogen-bond donors (Lipinski definition) is 2. The highest BCUT2D eigenvalue weighted by atomic mass is 16.5. The van der Waals surface area contributed by atoms with Crippen molar-refractivity contribution in [2.75, 3.05) is 11.9 Å². The van der Waals surface area contributed by atoms with E-state index >= 15 is 0 Å². The Bertz CT molecular complexity index is 1230. The molecule has 2 heterocycles. The maximum Gasteiger partial charge on any atom is 0.407 e. The Kier molecular flexibility index (Phi) is 8.21. The van der Waals surface area contributed by atoms with E-state index in [0.717, 1.165) is 34.7 Å². The van der Waals surface area contributed by atoms with Crippen molar-refractivity contribution < 1.29 is 19.0 Å². The fraction of sp³-hybridized carbons (Fsp3) is 0.357. The monoisotopic (exact) mass is 501 g/mol. The number of rotatable bonds is 7. The average molecular weight is 502 g/mol. The van der Waals surface area contributed by atoms with Crippen LogP contribution in [0.5, 0.6) is 5.75 Å². The predicted molar refractivity (Wildman–Crippen MR) is 139 cm³/mol. The van der Waals surface area contributed by atoms with Crippen LogP contribution in [-0.2, 0) is 16.1 Å². The molecule has 0 spiro atoms. The molecular weight excluding hydrogens is 470 g/mol. The maximum atomic E-state index is 11.8. The molecule has 37 heavy (non-hydrogen) atoms. The second-order valence-corrected chi connectivity index (χ2v) is 9.82. The van der Waals surface area contributed by atoms with E-state index < -0.39 is 12.2 Å². The molecule has 3 aromatic rings. The lowest BCUT2D eigenvalue weighted by molar-refractivity contribution is -0.00793. The molecule has 4 rings (SSSR count). The van der Waals surface area contributed by atoms with Crippen LogP contribution in [0.2, 0.25) is 0 Å². The topological polar surface area (TPSA) is 118 Å². The summed E-state index contributed by atoms with van der Waals surface area (Å²) >= 11 is 0. The highest BCUT2D eigenvalue weighted by Gasteiger charge is 2.23. The van der Waals surface area contributed by atoms with Crippen LogP contribution in [-0.4, -0.2) is 40.4 Å². The van der Waals surface area contributed by atoms with Crippen LogP contribution in [0.15, 0.2) is 60.8 Å². The van der Waals surface area contributed by atoms with Crippen molar-refractivity contribution in [3.63, 3.8) is 0 Å². The second kappa shape index (κ2) is 11.7. The molecule has 9 heteroatoms. The standard InChI is InChI=1S/C28H31N5O4/c1-28(2,3)33-27(34)36-18-19-4-8-21(9-5-19)31-26-30-14-12-25(32-26)20-6-10-22(11-7-20)37-23-13-15-35-24(16-23)17-29/h4-12,14,23-24H,13,15-16,18H2,1-3H3,(H,33,34)(H,30,31,32). The lowest BCUT2D eigenvalue weighted by Crippen LogP contribution is -2.40. The number of nitrogens with zero attached hydrogens (tertiary/aromatic N) is 3. The lowest BCUT2D eigenvalue weighted by Gasteiger charge is -2.26. The van der Waals surface area contributed by atoms with E-state index in [2.05, 4.69) is 26.7 Å². The first-order valence-corrected chi connectivity index (χ1v) is 12.2. The van der Waals surface area contributed by atoms with Crippen LogP contribution in [0.3, 0.4) is 0 Å². The molecular formula is C28H31N5O4. The second-order valence-electron chi connectivity index (χ2n) is 9.82. The third-order valence-corrected chi connectivity index (χ3v) is 5.55. The molecule has 1 amide bonds. The number of amides is 1. The molecule has 1 aliphatic rings. The van der Waals surface area contributed by atoms with Crippen LogP contribution >= 0.6 is 0 Å². The largest absolute Gasteiger partial charge is 0.490 e. The van der Waals surface area contributed by atoms with Gasteiger partial charge in [-0.3, -0.25) is 0 Å². The van der Waals surface area contributed by atoms with E-state index in [4.69, 9.17) is 19.5 Å². The number of hydrogen-bond acceptors (Lipinski definition) is 8. The van der Waals surface area contributed by atoms with Gasteiger partial charge in [0.2, 0.25) is 5.95 Å². The Morgan fingerprint density at radius 1 is 1.14 bits per heavy atom. The van der Waals surface area contributed by atoms with E-state index in [1.807, 2.05) is 75.4 Å². The van der Waals surface area contributed by atoms with Gasteiger partial charge < -0.3 is 24.8 Å². The molecule has 2 unspecified atom stereocenters. The quantitative estimate of drug-likeness (QED) is 0.444. The zero-order chi connectivity index (χ0) is 26.3. The number of carbonyl (C=O) groups excluding carboxylic acids is 1. The average Bonchev–Trinajstić information content (AvgIpc) is 2.88. The summed E-state index contributed by atoms with van der Waals surface area (Å²) in [6.45, 7) is 6.41. The number of anilines is 2. The Morgan fingerprint density at radius 3 is 2.59 bits per heavy atom. The molecule has 1 aliphatic heterocycles. The number of benzene rings is 2. The number of alkyl carbamates (subject to hydrolysis) is 1. The highest BCUT2D eigenvalue weighted by molar-refractivity contribution is 5.68. The number of aromatic nitrogens is 2. The van der Waals surface area contributed by atoms with Gasteiger partial charge in [-0.1, -0.05) is 12.1 Å². The summed E-state index contributed by atoms with van der Waals surface area (Å²) in [6, 6.07) is 19.2. The van der Waals surface area contributed by atoms with Crippen molar-refractivity contribution in [2.45, 2.75) is 58.0 Å². The zero-order valence-corrected chi connectivity index (χ0v) is 21.2. The van der Waals surface area contributed by atoms with Gasteiger partial charge in [-0.25, -0.2) is 14.8 Å². The minimum atomic E-state index is -0.448. The number of nitriles is 1. The Morgan fingerprint density at radius 2 is 1.89 bits per heavy atom. The Balaban J connectivity index is 1.33. The van der Waals surface area contributed by atoms with Gasteiger partial charge in [0.15, 0.2) is 0 Å². The molecule has 192 valence electrons. The van der Waals surface area contributed by atoms with Crippen molar-refractivity contribution in [1.82, 2.24) is 15.3 Å². The lowest BCUT2D eigenvalue weighted by atomic mass is 10.1. The molecule has 0 aliphatic carbocycles. The molecule has 0 bridgehead atoms. The highest BCUT2D eigenvalue weighted by Crippen LogP contribution is 2.25. The SMILES string of the molecule is CC(C)(C)NC(=O)OCc1ccc(Nc2nccc(-c3ccc(OC4CCOC(C#N)C4)cc3)n2)cc1. The molecule has 1 fully saturated rings. The number of carbonyl (C=O) groups is 1. The van der Waals surface area contributed by atoms with Crippen LogP contribution in [0.1, 0.15) is 39.2 Å². The van der Waals surface area contributed by atoms with E-state index in [0.29, 0.717) is 19.0 Å². The van der Waals surface area contributed by atoms with E-state index in [1.54, 1.807) is 6.20 Å². The van der Waals surface area contributed by atoms with Crippen LogP contribution in [0.4, 0.5) is 16.4 Å². The van der Waals surface area contributed by atoms with Gasteiger partial charge in [-0.2, -0.15) is 5.26 Å². The van der Waals surface area contributed by atoms with Crippen molar-refractivity contribution >= 4 is 17.7 Å². The summed E-state index contributed by atoms with van der Waals surface area (Å²) < 4.78 is 16.7. The van der Waals surface area contributed by atoms with Crippen LogP contribution < -0.4 is 15.4 Å². The molecule has 2 aromatic carbocycles. The summed E-state index contributed by atoms with van der Waals surface area (Å²) in [4.78, 5) is 20.8. The van der Waals surface area contributed by atoms with Crippen LogP contribution in [0.25, 0.3) is 11.3 Å². The smallest absolute Gasteiger partial charge is 0.407 e. The Labute approximate surface area is 216 Å². The molecule has 0 radical (unpaired) electrons. The molecule has 2 atom stereocenters. The van der Waals surface area contributed by atoms with Gasteiger partial charge >= 0.3 is 6.09 Å². The first-order valence-electron chi connectivity index (χ1n) is 12.2. The fourth-order valence-corrected chi connectivity index (χ4v) is 3.74. The van der Waals surface area contributed by atoms with Crippen molar-refractivity contribution in [1.29, 1.82) is 5.26 Å². The van der Waals surface area contributed by atoms with Crippen molar-refractivity contribution in [3.05, 3.63) is 66.4 Å². The Hall–Kier alpha value is -4.16. The van der Waals surface area contributed by atoms with Gasteiger partial charge in [-0.05, 0) is 68.8 Å². The summed E-state index contributed by atoms with van der Waals surface area (Å²) in [5.41, 5.74) is 3.05. The maximum absolute atomic E-state index is 11.8. The summed E-state index contributed by atoms with van der Waals surface area (Å²) in [5.74, 6) is 1.22. The molecule has 2 N–H and O–H groups in total. The van der Waals surface area contributed by atoms with Gasteiger partial charge in [0.05, 0.1) is 18.4 Å². The van der Waals surface area contributed by atoms with Gasteiger partial charge in [0.25, 0.3) is 0 Å². The number of ether oxygens (including phenoxy) is 3. The first kappa shape index (κ1) is 25.9. The van der Waals surface area contributed by atoms with Crippen molar-refractivity contribution in [3.8, 4) is 23.1 Å². The predicted octanol–water partition coefficient (Wildman–Crippen LogP) is 5.36. The third-order valence-electron chi connectivity index (χ3n) is 5.55.